The summed E-state index contributed by atoms with van der Waals surface area (Å²) in [6.07, 6.45) is 1.34. The average molecular weight is 369 g/mol. The highest BCUT2D eigenvalue weighted by Gasteiger charge is 2.25. The smallest absolute Gasteiger partial charge is 0.265 e. The van der Waals surface area contributed by atoms with Crippen LogP contribution in [0.1, 0.15) is 30.2 Å². The van der Waals surface area contributed by atoms with Gasteiger partial charge in [-0.05, 0) is 56.3 Å². The summed E-state index contributed by atoms with van der Waals surface area (Å²) in [5, 5.41) is 4.42. The summed E-state index contributed by atoms with van der Waals surface area (Å²) in [5.74, 6) is 0.305. The molecule has 132 valence electrons. The van der Waals surface area contributed by atoms with E-state index < -0.39 is 12.1 Å². The molecule has 2 unspecified atom stereocenters. The molecule has 0 aliphatic carbocycles. The van der Waals surface area contributed by atoms with Gasteiger partial charge in [-0.25, -0.2) is 0 Å². The van der Waals surface area contributed by atoms with Crippen molar-refractivity contribution in [1.29, 1.82) is 0 Å². The molecule has 1 aliphatic rings. The van der Waals surface area contributed by atoms with E-state index in [9.17, 15) is 9.59 Å². The number of Topliss-reactive ketones (excluding diaryl/α,β-unsaturated/α-hetero) is 1. The number of nitrogens with zero attached hydrogens (tertiary/aromatic N) is 1. The van der Waals surface area contributed by atoms with Gasteiger partial charge in [0.15, 0.2) is 11.9 Å². The largest absolute Gasteiger partial charge is 0.479 e. The molecule has 0 radical (unpaired) electrons. The quantitative estimate of drug-likeness (QED) is 0.694. The van der Waals surface area contributed by atoms with Crippen LogP contribution in [-0.2, 0) is 4.79 Å². The Bertz CT molecular complexity index is 1040. The zero-order valence-electron chi connectivity index (χ0n) is 14.3. The van der Waals surface area contributed by atoms with E-state index in [1.165, 1.54) is 0 Å². The van der Waals surface area contributed by atoms with Crippen molar-refractivity contribution in [2.75, 3.05) is 5.32 Å². The molecule has 0 bridgehead atoms. The fourth-order valence-corrected chi connectivity index (χ4v) is 3.38. The number of benzene rings is 2. The van der Waals surface area contributed by atoms with Crippen molar-refractivity contribution in [1.82, 2.24) is 4.57 Å². The van der Waals surface area contributed by atoms with Crippen LogP contribution >= 0.6 is 11.6 Å². The van der Waals surface area contributed by atoms with E-state index in [4.69, 9.17) is 16.3 Å². The fourth-order valence-electron chi connectivity index (χ4n) is 3.20. The van der Waals surface area contributed by atoms with Crippen LogP contribution in [-0.4, -0.2) is 22.4 Å². The van der Waals surface area contributed by atoms with Crippen molar-refractivity contribution in [3.63, 3.8) is 0 Å². The highest BCUT2D eigenvalue weighted by molar-refractivity contribution is 6.31. The Morgan fingerprint density at radius 3 is 2.85 bits per heavy atom. The van der Waals surface area contributed by atoms with Gasteiger partial charge in [0.2, 0.25) is 0 Å². The highest BCUT2D eigenvalue weighted by atomic mass is 35.5. The molecule has 2 atom stereocenters. The standard InChI is InChI=1S/C20H17ClN2O3/c1-11(23-8-7-13-9-15(21)4-5-17(13)23)19(24)14-3-6-18-16(10-14)22-20(25)12(2)26-18/h3-12H,1-2H3,(H,22,25). The molecule has 0 fully saturated rings. The van der Waals surface area contributed by atoms with Crippen LogP contribution in [0.25, 0.3) is 10.9 Å². The second-order valence-corrected chi connectivity index (χ2v) is 6.86. The Morgan fingerprint density at radius 2 is 2.04 bits per heavy atom. The predicted molar refractivity (Wildman–Crippen MR) is 101 cm³/mol. The molecule has 4 rings (SSSR count). The number of carbonyl (C=O) groups is 2. The molecular formula is C20H17ClN2O3. The number of hydrogen-bond acceptors (Lipinski definition) is 3. The van der Waals surface area contributed by atoms with E-state index in [1.807, 2.05) is 42.0 Å². The van der Waals surface area contributed by atoms with E-state index in [0.29, 0.717) is 22.0 Å². The lowest BCUT2D eigenvalue weighted by atomic mass is 10.0. The predicted octanol–water partition coefficient (Wildman–Crippen LogP) is 4.46. The van der Waals surface area contributed by atoms with Gasteiger partial charge in [-0.15, -0.1) is 0 Å². The average Bonchev–Trinajstić information content (AvgIpc) is 3.04. The molecule has 1 aliphatic heterocycles. The number of hydrogen-bond donors (Lipinski definition) is 1. The fraction of sp³-hybridized carbons (Fsp3) is 0.200. The van der Waals surface area contributed by atoms with Crippen molar-refractivity contribution < 1.29 is 14.3 Å². The summed E-state index contributed by atoms with van der Waals surface area (Å²) < 4.78 is 7.46. The van der Waals surface area contributed by atoms with Crippen LogP contribution in [0.3, 0.4) is 0 Å². The zero-order valence-corrected chi connectivity index (χ0v) is 15.1. The van der Waals surface area contributed by atoms with Crippen molar-refractivity contribution in [3.8, 4) is 5.75 Å². The van der Waals surface area contributed by atoms with Gasteiger partial charge in [-0.2, -0.15) is 0 Å². The molecule has 26 heavy (non-hydrogen) atoms. The normalized spacial score (nSPS) is 17.3. The van der Waals surface area contributed by atoms with Gasteiger partial charge >= 0.3 is 0 Å². The van der Waals surface area contributed by atoms with Gasteiger partial charge in [0.25, 0.3) is 5.91 Å². The van der Waals surface area contributed by atoms with Crippen LogP contribution in [0.2, 0.25) is 5.02 Å². The Kier molecular flexibility index (Phi) is 3.96. The van der Waals surface area contributed by atoms with Gasteiger partial charge in [0.05, 0.1) is 11.7 Å². The molecule has 2 aromatic carbocycles. The first-order valence-electron chi connectivity index (χ1n) is 8.36. The maximum atomic E-state index is 13.0. The summed E-state index contributed by atoms with van der Waals surface area (Å²) in [7, 11) is 0. The number of ketones is 1. The lowest BCUT2D eigenvalue weighted by molar-refractivity contribution is -0.122. The van der Waals surface area contributed by atoms with Gasteiger partial charge in [0.1, 0.15) is 5.75 Å². The van der Waals surface area contributed by atoms with Crippen LogP contribution in [0.15, 0.2) is 48.7 Å². The minimum atomic E-state index is -0.541. The molecule has 6 heteroatoms. The molecular weight excluding hydrogens is 352 g/mol. The Hall–Kier alpha value is -2.79. The molecule has 1 aromatic heterocycles. The number of aromatic nitrogens is 1. The molecule has 2 heterocycles. The first-order valence-corrected chi connectivity index (χ1v) is 8.74. The molecule has 0 saturated carbocycles. The molecule has 1 amide bonds. The third-order valence-electron chi connectivity index (χ3n) is 4.67. The number of amides is 1. The summed E-state index contributed by atoms with van der Waals surface area (Å²) in [6.45, 7) is 3.54. The monoisotopic (exact) mass is 368 g/mol. The number of rotatable bonds is 3. The Morgan fingerprint density at radius 1 is 1.23 bits per heavy atom. The van der Waals surface area contributed by atoms with Crippen LogP contribution in [0.5, 0.6) is 5.75 Å². The molecule has 0 saturated heterocycles. The first-order chi connectivity index (χ1) is 12.4. The number of halogens is 1. The van der Waals surface area contributed by atoms with E-state index in [2.05, 4.69) is 5.32 Å². The van der Waals surface area contributed by atoms with E-state index >= 15 is 0 Å². The Labute approximate surface area is 155 Å². The van der Waals surface area contributed by atoms with Gasteiger partial charge < -0.3 is 14.6 Å². The van der Waals surface area contributed by atoms with Crippen molar-refractivity contribution in [3.05, 3.63) is 59.2 Å². The van der Waals surface area contributed by atoms with Crippen LogP contribution < -0.4 is 10.1 Å². The number of nitrogens with one attached hydrogen (secondary N) is 1. The lowest BCUT2D eigenvalue weighted by Gasteiger charge is -2.24. The van der Waals surface area contributed by atoms with Crippen molar-refractivity contribution in [2.24, 2.45) is 0 Å². The number of ether oxygens (including phenoxy) is 1. The lowest BCUT2D eigenvalue weighted by Crippen LogP contribution is -2.34. The summed E-state index contributed by atoms with van der Waals surface area (Å²) >= 11 is 6.03. The highest BCUT2D eigenvalue weighted by Crippen LogP contribution is 2.32. The number of carbonyl (C=O) groups excluding carboxylic acids is 2. The van der Waals surface area contributed by atoms with E-state index in [-0.39, 0.29) is 11.7 Å². The second-order valence-electron chi connectivity index (χ2n) is 6.43. The van der Waals surface area contributed by atoms with Crippen LogP contribution in [0.4, 0.5) is 5.69 Å². The van der Waals surface area contributed by atoms with Crippen molar-refractivity contribution >= 4 is 39.9 Å². The summed E-state index contributed by atoms with van der Waals surface area (Å²) in [6, 6.07) is 12.2. The molecule has 1 N–H and O–H groups in total. The Balaban J connectivity index is 1.67. The summed E-state index contributed by atoms with van der Waals surface area (Å²) in [4.78, 5) is 24.8. The van der Waals surface area contributed by atoms with Crippen molar-refractivity contribution in [2.45, 2.75) is 26.0 Å². The molecule has 5 nitrogen and oxygen atoms in total. The van der Waals surface area contributed by atoms with E-state index in [1.54, 1.807) is 25.1 Å². The van der Waals surface area contributed by atoms with Gasteiger partial charge in [-0.3, -0.25) is 9.59 Å². The maximum absolute atomic E-state index is 13.0. The zero-order chi connectivity index (χ0) is 18.4. The SMILES string of the molecule is CC1Oc2ccc(C(=O)C(C)n3ccc4cc(Cl)ccc43)cc2NC1=O. The van der Waals surface area contributed by atoms with E-state index in [0.717, 1.165) is 10.9 Å². The second kappa shape index (κ2) is 6.18. The van der Waals surface area contributed by atoms with Gasteiger partial charge in [-0.1, -0.05) is 11.6 Å². The minimum absolute atomic E-state index is 0.0480. The van der Waals surface area contributed by atoms with Crippen LogP contribution in [0, 0.1) is 0 Å². The maximum Gasteiger partial charge on any atom is 0.265 e. The molecule has 3 aromatic rings. The number of fused-ring (bicyclic) bond motifs is 2. The third kappa shape index (κ3) is 2.74. The van der Waals surface area contributed by atoms with Gasteiger partial charge in [0, 0.05) is 27.7 Å². The summed E-state index contributed by atoms with van der Waals surface area (Å²) in [5.41, 5.74) is 1.99. The molecule has 0 spiro atoms. The first kappa shape index (κ1) is 16.7. The number of anilines is 1. The third-order valence-corrected chi connectivity index (χ3v) is 4.91. The minimum Gasteiger partial charge on any atom is -0.479 e. The topological polar surface area (TPSA) is 60.3 Å².